The van der Waals surface area contributed by atoms with Crippen molar-refractivity contribution in [2.24, 2.45) is 0 Å². The number of ether oxygens (including phenoxy) is 1. The molecule has 0 saturated heterocycles. The number of rotatable bonds is 8. The number of likely N-dealkylation sites (N-methyl/N-ethyl adjacent to an activating group) is 1. The van der Waals surface area contributed by atoms with Gasteiger partial charge in [0.1, 0.15) is 11.6 Å². The van der Waals surface area contributed by atoms with Gasteiger partial charge in [0, 0.05) is 6.42 Å². The molecule has 2 atom stereocenters. The van der Waals surface area contributed by atoms with Gasteiger partial charge in [0.15, 0.2) is 0 Å². The average Bonchev–Trinajstić information content (AvgIpc) is 2.65. The zero-order valence-corrected chi connectivity index (χ0v) is 17.1. The molecule has 2 rings (SSSR count). The van der Waals surface area contributed by atoms with Crippen molar-refractivity contribution in [1.82, 2.24) is 10.6 Å². The lowest BCUT2D eigenvalue weighted by Crippen LogP contribution is -2.52. The van der Waals surface area contributed by atoms with Gasteiger partial charge in [-0.15, -0.1) is 0 Å². The summed E-state index contributed by atoms with van der Waals surface area (Å²) in [7, 11) is 1.74. The molecule has 0 bridgehead atoms. The second-order valence-electron chi connectivity index (χ2n) is 7.82. The number of benzene rings is 2. The van der Waals surface area contributed by atoms with E-state index in [0.717, 1.165) is 11.1 Å². The van der Waals surface area contributed by atoms with Crippen LogP contribution >= 0.6 is 0 Å². The van der Waals surface area contributed by atoms with Gasteiger partial charge in [-0.05, 0) is 45.4 Å². The maximum atomic E-state index is 12.9. The molecule has 2 N–H and O–H groups in total. The van der Waals surface area contributed by atoms with Crippen LogP contribution in [0.3, 0.4) is 0 Å². The van der Waals surface area contributed by atoms with Crippen molar-refractivity contribution in [3.8, 4) is 0 Å². The van der Waals surface area contributed by atoms with E-state index in [-0.39, 0.29) is 5.91 Å². The third kappa shape index (κ3) is 7.16. The molecule has 0 fully saturated rings. The Morgan fingerprint density at radius 3 is 1.75 bits per heavy atom. The molecule has 0 radical (unpaired) electrons. The fourth-order valence-corrected chi connectivity index (χ4v) is 2.86. The molecule has 2 aromatic rings. The smallest absolute Gasteiger partial charge is 0.329 e. The van der Waals surface area contributed by atoms with Crippen molar-refractivity contribution in [2.75, 3.05) is 7.05 Å². The maximum absolute atomic E-state index is 12.9. The van der Waals surface area contributed by atoms with Gasteiger partial charge in [0.05, 0.1) is 6.04 Å². The zero-order valence-electron chi connectivity index (χ0n) is 17.1. The summed E-state index contributed by atoms with van der Waals surface area (Å²) in [5, 5.41) is 5.93. The Hall–Kier alpha value is -2.66. The highest BCUT2D eigenvalue weighted by molar-refractivity contribution is 5.88. The van der Waals surface area contributed by atoms with Crippen molar-refractivity contribution < 1.29 is 14.3 Å². The Morgan fingerprint density at radius 2 is 1.32 bits per heavy atom. The van der Waals surface area contributed by atoms with Crippen molar-refractivity contribution in [3.05, 3.63) is 71.8 Å². The molecule has 0 aliphatic rings. The van der Waals surface area contributed by atoms with E-state index in [1.54, 1.807) is 7.05 Å². The molecule has 0 saturated carbocycles. The number of esters is 1. The van der Waals surface area contributed by atoms with Crippen LogP contribution in [-0.4, -0.2) is 36.6 Å². The van der Waals surface area contributed by atoms with E-state index in [1.807, 2.05) is 81.4 Å². The molecular formula is C23H30N2O3. The summed E-state index contributed by atoms with van der Waals surface area (Å²) in [6.07, 6.45) is 0.915. The van der Waals surface area contributed by atoms with Crippen LogP contribution in [0, 0.1) is 0 Å². The quantitative estimate of drug-likeness (QED) is 0.689. The van der Waals surface area contributed by atoms with Crippen LogP contribution in [0.5, 0.6) is 0 Å². The van der Waals surface area contributed by atoms with Crippen molar-refractivity contribution in [2.45, 2.75) is 51.3 Å². The minimum Gasteiger partial charge on any atom is -0.458 e. The Bertz CT molecular complexity index is 754. The number of hydrogen-bond acceptors (Lipinski definition) is 4. The molecule has 150 valence electrons. The number of amides is 1. The number of carbonyl (C=O) groups excluding carboxylic acids is 2. The molecule has 0 aromatic heterocycles. The third-order valence-electron chi connectivity index (χ3n) is 4.24. The SMILES string of the molecule is CN[C@@H](Cc1ccccc1)C(=O)N[C@@H](Cc1ccccc1)C(=O)OC(C)(C)C. The van der Waals surface area contributed by atoms with E-state index in [1.165, 1.54) is 0 Å². The van der Waals surface area contributed by atoms with Crippen LogP contribution in [0.2, 0.25) is 0 Å². The first-order valence-electron chi connectivity index (χ1n) is 9.57. The van der Waals surface area contributed by atoms with Crippen molar-refractivity contribution >= 4 is 11.9 Å². The minimum atomic E-state index is -0.749. The first kappa shape index (κ1) is 21.6. The van der Waals surface area contributed by atoms with Gasteiger partial charge in [-0.2, -0.15) is 0 Å². The molecule has 5 heteroatoms. The predicted octanol–water partition coefficient (Wildman–Crippen LogP) is 2.89. The van der Waals surface area contributed by atoms with E-state index >= 15 is 0 Å². The van der Waals surface area contributed by atoms with Crippen LogP contribution < -0.4 is 10.6 Å². The molecule has 0 heterocycles. The van der Waals surface area contributed by atoms with Crippen LogP contribution in [0.1, 0.15) is 31.9 Å². The van der Waals surface area contributed by atoms with Crippen LogP contribution in [0.25, 0.3) is 0 Å². The highest BCUT2D eigenvalue weighted by Crippen LogP contribution is 2.12. The molecule has 28 heavy (non-hydrogen) atoms. The Kier molecular flexibility index (Phi) is 7.76. The van der Waals surface area contributed by atoms with Gasteiger partial charge < -0.3 is 15.4 Å². The lowest BCUT2D eigenvalue weighted by atomic mass is 10.0. The van der Waals surface area contributed by atoms with Gasteiger partial charge in [0.2, 0.25) is 5.91 Å². The van der Waals surface area contributed by atoms with E-state index in [4.69, 9.17) is 4.74 Å². The van der Waals surface area contributed by atoms with Gasteiger partial charge in [-0.25, -0.2) is 4.79 Å². The molecule has 1 amide bonds. The molecular weight excluding hydrogens is 352 g/mol. The van der Waals surface area contributed by atoms with Gasteiger partial charge in [0.25, 0.3) is 0 Å². The first-order valence-corrected chi connectivity index (χ1v) is 9.57. The predicted molar refractivity (Wildman–Crippen MR) is 111 cm³/mol. The fourth-order valence-electron chi connectivity index (χ4n) is 2.86. The summed E-state index contributed by atoms with van der Waals surface area (Å²) >= 11 is 0. The normalized spacial score (nSPS) is 13.4. The lowest BCUT2D eigenvalue weighted by molar-refractivity contribution is -0.158. The summed E-state index contributed by atoms with van der Waals surface area (Å²) < 4.78 is 5.53. The maximum Gasteiger partial charge on any atom is 0.329 e. The highest BCUT2D eigenvalue weighted by Gasteiger charge is 2.29. The lowest BCUT2D eigenvalue weighted by Gasteiger charge is -2.26. The summed E-state index contributed by atoms with van der Waals surface area (Å²) in [6, 6.07) is 18.2. The first-order chi connectivity index (χ1) is 13.3. The fraction of sp³-hybridized carbons (Fsp3) is 0.391. The van der Waals surface area contributed by atoms with E-state index in [0.29, 0.717) is 12.8 Å². The summed E-state index contributed by atoms with van der Waals surface area (Å²) in [5.41, 5.74) is 1.39. The molecule has 0 spiro atoms. The summed E-state index contributed by atoms with van der Waals surface area (Å²) in [5.74, 6) is -0.655. The Balaban J connectivity index is 2.12. The third-order valence-corrected chi connectivity index (χ3v) is 4.24. The van der Waals surface area contributed by atoms with E-state index < -0.39 is 23.7 Å². The number of carbonyl (C=O) groups is 2. The topological polar surface area (TPSA) is 67.4 Å². The van der Waals surface area contributed by atoms with Gasteiger partial charge >= 0.3 is 5.97 Å². The van der Waals surface area contributed by atoms with E-state index in [9.17, 15) is 9.59 Å². The number of hydrogen-bond donors (Lipinski definition) is 2. The van der Waals surface area contributed by atoms with Gasteiger partial charge in [-0.1, -0.05) is 60.7 Å². The van der Waals surface area contributed by atoms with Crippen LogP contribution in [0.4, 0.5) is 0 Å². The standard InChI is InChI=1S/C23H30N2O3/c1-23(2,3)28-22(27)20(16-18-13-9-6-10-14-18)25-21(26)19(24-4)15-17-11-7-5-8-12-17/h5-14,19-20,24H,15-16H2,1-4H3,(H,25,26)/t19-,20-/m0/s1. The molecule has 5 nitrogen and oxygen atoms in total. The second kappa shape index (κ2) is 10.0. The molecule has 0 aliphatic carbocycles. The summed E-state index contributed by atoms with van der Waals surface area (Å²) in [6.45, 7) is 5.45. The molecule has 2 aromatic carbocycles. The largest absolute Gasteiger partial charge is 0.458 e. The second-order valence-corrected chi connectivity index (χ2v) is 7.82. The molecule has 0 aliphatic heterocycles. The summed E-state index contributed by atoms with van der Waals surface area (Å²) in [4.78, 5) is 25.6. The Morgan fingerprint density at radius 1 is 0.857 bits per heavy atom. The minimum absolute atomic E-state index is 0.224. The highest BCUT2D eigenvalue weighted by atomic mass is 16.6. The zero-order chi connectivity index (χ0) is 20.6. The van der Waals surface area contributed by atoms with Gasteiger partial charge in [-0.3, -0.25) is 4.79 Å². The Labute approximate surface area is 167 Å². The average molecular weight is 383 g/mol. The van der Waals surface area contributed by atoms with Crippen molar-refractivity contribution in [3.63, 3.8) is 0 Å². The monoisotopic (exact) mass is 382 g/mol. The number of nitrogens with one attached hydrogen (secondary N) is 2. The van der Waals surface area contributed by atoms with E-state index in [2.05, 4.69) is 10.6 Å². The van der Waals surface area contributed by atoms with Crippen LogP contribution in [-0.2, 0) is 27.2 Å². The van der Waals surface area contributed by atoms with Crippen LogP contribution in [0.15, 0.2) is 60.7 Å². The molecule has 0 unspecified atom stereocenters. The van der Waals surface area contributed by atoms with Crippen molar-refractivity contribution in [1.29, 1.82) is 0 Å².